The normalized spacial score (nSPS) is 19.5. The second-order valence-corrected chi connectivity index (χ2v) is 6.82. The van der Waals surface area contributed by atoms with Crippen molar-refractivity contribution in [3.05, 3.63) is 17.9 Å². The molecule has 0 bridgehead atoms. The van der Waals surface area contributed by atoms with Crippen LogP contribution in [-0.4, -0.2) is 33.3 Å². The summed E-state index contributed by atoms with van der Waals surface area (Å²) in [6.45, 7) is 3.40. The third kappa shape index (κ3) is 3.56. The number of aliphatic hydroxyl groups excluding tert-OH is 1. The largest absolute Gasteiger partial charge is 0.446 e. The van der Waals surface area contributed by atoms with E-state index in [4.69, 9.17) is 14.3 Å². The van der Waals surface area contributed by atoms with Crippen molar-refractivity contribution < 1.29 is 22.7 Å². The molecule has 1 saturated heterocycles. The van der Waals surface area contributed by atoms with E-state index in [2.05, 4.69) is 4.72 Å². The van der Waals surface area contributed by atoms with Crippen LogP contribution in [0, 0.1) is 5.41 Å². The maximum Gasteiger partial charge on any atom is 0.273 e. The molecule has 7 heteroatoms. The molecule has 6 nitrogen and oxygen atoms in total. The summed E-state index contributed by atoms with van der Waals surface area (Å²) >= 11 is 0. The van der Waals surface area contributed by atoms with Gasteiger partial charge in [0, 0.05) is 19.8 Å². The third-order valence-corrected chi connectivity index (χ3v) is 4.72. The number of nitrogens with one attached hydrogen (secondary N) is 1. The number of sulfonamides is 1. The third-order valence-electron chi connectivity index (χ3n) is 3.45. The van der Waals surface area contributed by atoms with Crippen LogP contribution < -0.4 is 4.72 Å². The van der Waals surface area contributed by atoms with Crippen molar-refractivity contribution in [3.8, 4) is 0 Å². The quantitative estimate of drug-likeness (QED) is 0.839. The molecule has 1 aromatic rings. The van der Waals surface area contributed by atoms with E-state index in [0.717, 1.165) is 12.8 Å². The number of ether oxygens (including phenoxy) is 1. The van der Waals surface area contributed by atoms with Crippen LogP contribution in [0.4, 0.5) is 0 Å². The summed E-state index contributed by atoms with van der Waals surface area (Å²) in [5.41, 5.74) is -0.0856. The summed E-state index contributed by atoms with van der Waals surface area (Å²) in [6, 6.07) is 2.80. The fourth-order valence-corrected chi connectivity index (χ4v) is 3.11. The Morgan fingerprint density at radius 3 is 2.63 bits per heavy atom. The van der Waals surface area contributed by atoms with Crippen LogP contribution in [0.2, 0.25) is 0 Å². The van der Waals surface area contributed by atoms with Gasteiger partial charge in [0.1, 0.15) is 12.4 Å². The van der Waals surface area contributed by atoms with Gasteiger partial charge < -0.3 is 14.3 Å². The van der Waals surface area contributed by atoms with Crippen molar-refractivity contribution in [2.45, 2.75) is 31.5 Å². The minimum absolute atomic E-state index is 0.0856. The van der Waals surface area contributed by atoms with Crippen LogP contribution in [0.5, 0.6) is 0 Å². The molecule has 108 valence electrons. The van der Waals surface area contributed by atoms with Crippen molar-refractivity contribution in [3.63, 3.8) is 0 Å². The van der Waals surface area contributed by atoms with Gasteiger partial charge in [0.2, 0.25) is 5.09 Å². The van der Waals surface area contributed by atoms with Crippen molar-refractivity contribution in [1.82, 2.24) is 4.72 Å². The highest BCUT2D eigenvalue weighted by atomic mass is 32.2. The lowest BCUT2D eigenvalue weighted by Crippen LogP contribution is -2.39. The van der Waals surface area contributed by atoms with Gasteiger partial charge in [0.15, 0.2) is 0 Å². The van der Waals surface area contributed by atoms with Gasteiger partial charge in [-0.3, -0.25) is 0 Å². The summed E-state index contributed by atoms with van der Waals surface area (Å²) in [5, 5.41) is 8.71. The van der Waals surface area contributed by atoms with E-state index in [-0.39, 0.29) is 22.9 Å². The smallest absolute Gasteiger partial charge is 0.273 e. The van der Waals surface area contributed by atoms with Gasteiger partial charge in [0.05, 0.1) is 0 Å². The second kappa shape index (κ2) is 5.62. The molecule has 0 saturated carbocycles. The molecule has 0 amide bonds. The van der Waals surface area contributed by atoms with E-state index < -0.39 is 10.0 Å². The highest BCUT2D eigenvalue weighted by molar-refractivity contribution is 7.89. The van der Waals surface area contributed by atoms with E-state index in [1.807, 2.05) is 6.92 Å². The minimum atomic E-state index is -3.66. The summed E-state index contributed by atoms with van der Waals surface area (Å²) in [7, 11) is -3.66. The van der Waals surface area contributed by atoms with E-state index in [0.29, 0.717) is 19.8 Å². The molecule has 2 heterocycles. The summed E-state index contributed by atoms with van der Waals surface area (Å²) in [5.74, 6) is 0.234. The number of furan rings is 1. The van der Waals surface area contributed by atoms with Crippen LogP contribution >= 0.6 is 0 Å². The number of aliphatic hydroxyl groups is 1. The van der Waals surface area contributed by atoms with Gasteiger partial charge in [-0.2, -0.15) is 0 Å². The topological polar surface area (TPSA) is 88.8 Å². The number of hydrogen-bond acceptors (Lipinski definition) is 5. The zero-order valence-corrected chi connectivity index (χ0v) is 11.7. The van der Waals surface area contributed by atoms with Crippen LogP contribution in [-0.2, 0) is 21.4 Å². The summed E-state index contributed by atoms with van der Waals surface area (Å²) in [6.07, 6.45) is 1.66. The van der Waals surface area contributed by atoms with Crippen molar-refractivity contribution in [2.24, 2.45) is 5.41 Å². The van der Waals surface area contributed by atoms with Crippen molar-refractivity contribution in [1.29, 1.82) is 0 Å². The highest BCUT2D eigenvalue weighted by Crippen LogP contribution is 2.29. The van der Waals surface area contributed by atoms with Crippen molar-refractivity contribution >= 4 is 10.0 Å². The zero-order valence-electron chi connectivity index (χ0n) is 10.9. The average molecular weight is 289 g/mol. The van der Waals surface area contributed by atoms with E-state index in [1.165, 1.54) is 12.1 Å². The second-order valence-electron chi connectivity index (χ2n) is 5.13. The Morgan fingerprint density at radius 2 is 2.05 bits per heavy atom. The van der Waals surface area contributed by atoms with Crippen LogP contribution in [0.3, 0.4) is 0 Å². The fraction of sp³-hybridized carbons (Fsp3) is 0.667. The molecule has 0 atom stereocenters. The first kappa shape index (κ1) is 14.5. The summed E-state index contributed by atoms with van der Waals surface area (Å²) < 4.78 is 36.9. The molecule has 2 N–H and O–H groups in total. The fourth-order valence-electron chi connectivity index (χ4n) is 1.97. The van der Waals surface area contributed by atoms with E-state index in [1.54, 1.807) is 0 Å². The first-order valence-corrected chi connectivity index (χ1v) is 7.71. The maximum absolute atomic E-state index is 12.0. The Labute approximate surface area is 112 Å². The highest BCUT2D eigenvalue weighted by Gasteiger charge is 2.30. The molecule has 1 fully saturated rings. The lowest BCUT2D eigenvalue weighted by Gasteiger charge is -2.33. The van der Waals surface area contributed by atoms with Crippen molar-refractivity contribution in [2.75, 3.05) is 19.8 Å². The predicted octanol–water partition coefficient (Wildman–Crippen LogP) is 0.867. The molecule has 0 unspecified atom stereocenters. The summed E-state index contributed by atoms with van der Waals surface area (Å²) in [4.78, 5) is 0. The predicted molar refractivity (Wildman–Crippen MR) is 68.0 cm³/mol. The molecular weight excluding hydrogens is 270 g/mol. The molecule has 0 spiro atoms. The molecule has 0 aromatic carbocycles. The van der Waals surface area contributed by atoms with Gasteiger partial charge in [-0.15, -0.1) is 0 Å². The monoisotopic (exact) mass is 289 g/mol. The first-order chi connectivity index (χ1) is 8.95. The number of rotatable bonds is 5. The van der Waals surface area contributed by atoms with Gasteiger partial charge in [0.25, 0.3) is 10.0 Å². The van der Waals surface area contributed by atoms with Crippen LogP contribution in [0.1, 0.15) is 25.5 Å². The minimum Gasteiger partial charge on any atom is -0.446 e. The molecule has 1 aromatic heterocycles. The molecule has 0 aliphatic carbocycles. The maximum atomic E-state index is 12.0. The van der Waals surface area contributed by atoms with Gasteiger partial charge in [-0.05, 0) is 30.4 Å². The lowest BCUT2D eigenvalue weighted by atomic mass is 9.83. The Kier molecular flexibility index (Phi) is 4.29. The Balaban J connectivity index is 2.01. The molecule has 1 aliphatic rings. The SMILES string of the molecule is CC1(CNS(=O)(=O)c2ccc(CO)o2)CCOCC1. The van der Waals surface area contributed by atoms with Gasteiger partial charge in [-0.1, -0.05) is 6.92 Å². The number of hydrogen-bond donors (Lipinski definition) is 2. The van der Waals surface area contributed by atoms with E-state index in [9.17, 15) is 8.42 Å². The Hall–Kier alpha value is -0.890. The van der Waals surface area contributed by atoms with Crippen LogP contribution in [0.15, 0.2) is 21.6 Å². The van der Waals surface area contributed by atoms with Gasteiger partial charge in [-0.25, -0.2) is 13.1 Å². The average Bonchev–Trinajstić information content (AvgIpc) is 2.87. The van der Waals surface area contributed by atoms with Crippen LogP contribution in [0.25, 0.3) is 0 Å². The molecule has 19 heavy (non-hydrogen) atoms. The standard InChI is InChI=1S/C12H19NO5S/c1-12(4-6-17-7-5-12)9-13-19(15,16)11-3-2-10(8-14)18-11/h2-3,13-14H,4-9H2,1H3. The zero-order chi connectivity index (χ0) is 13.9. The van der Waals surface area contributed by atoms with Gasteiger partial charge >= 0.3 is 0 Å². The Bertz CT molecular complexity index is 516. The lowest BCUT2D eigenvalue weighted by molar-refractivity contribution is 0.0264. The first-order valence-electron chi connectivity index (χ1n) is 6.22. The molecular formula is C12H19NO5S. The van der Waals surface area contributed by atoms with E-state index >= 15 is 0 Å². The molecule has 0 radical (unpaired) electrons. The molecule has 2 rings (SSSR count). The Morgan fingerprint density at radius 1 is 1.37 bits per heavy atom. The molecule has 1 aliphatic heterocycles.